The van der Waals surface area contributed by atoms with Gasteiger partial charge in [0.2, 0.25) is 11.9 Å². The highest BCUT2D eigenvalue weighted by Crippen LogP contribution is 2.41. The number of benzene rings is 2. The molecule has 33 heavy (non-hydrogen) atoms. The molecule has 174 valence electrons. The van der Waals surface area contributed by atoms with Crippen molar-refractivity contribution in [3.8, 4) is 5.75 Å². The molecule has 0 radical (unpaired) electrons. The number of hydrogen-bond acceptors (Lipinski definition) is 7. The van der Waals surface area contributed by atoms with Gasteiger partial charge in [-0.15, -0.1) is 5.10 Å². The number of nitrogens with zero attached hydrogens (tertiary/aromatic N) is 2. The van der Waals surface area contributed by atoms with Crippen molar-refractivity contribution in [3.63, 3.8) is 0 Å². The fourth-order valence-corrected chi connectivity index (χ4v) is 3.39. The van der Waals surface area contributed by atoms with Crippen LogP contribution in [0.2, 0.25) is 0 Å². The smallest absolute Gasteiger partial charge is 0.426 e. The first kappa shape index (κ1) is 22.7. The minimum absolute atomic E-state index is 0.0839. The summed E-state index contributed by atoms with van der Waals surface area (Å²) in [5.41, 5.74) is -0.566. The van der Waals surface area contributed by atoms with Gasteiger partial charge in [0, 0.05) is 12.1 Å². The van der Waals surface area contributed by atoms with Crippen molar-refractivity contribution >= 4 is 11.6 Å². The number of anilines is 1. The molecule has 2 atom stereocenters. The Morgan fingerprint density at radius 3 is 2.48 bits per heavy atom. The molecule has 3 N–H and O–H groups in total. The lowest BCUT2D eigenvalue weighted by atomic mass is 9.94. The minimum atomic E-state index is -4.97. The molecule has 0 amide bonds. The highest BCUT2D eigenvalue weighted by Gasteiger charge is 2.57. The van der Waals surface area contributed by atoms with E-state index in [0.29, 0.717) is 28.0 Å². The van der Waals surface area contributed by atoms with Crippen molar-refractivity contribution in [1.29, 1.82) is 0 Å². The van der Waals surface area contributed by atoms with E-state index in [9.17, 15) is 27.8 Å². The summed E-state index contributed by atoms with van der Waals surface area (Å²) in [6.07, 6.45) is -5.37. The largest absolute Gasteiger partial charge is 0.461 e. The van der Waals surface area contributed by atoms with Gasteiger partial charge in [0.15, 0.2) is 0 Å². The highest BCUT2D eigenvalue weighted by molar-refractivity contribution is 5.84. The average molecular weight is 465 g/mol. The summed E-state index contributed by atoms with van der Waals surface area (Å²) >= 11 is 0. The molecule has 3 aromatic rings. The number of hydrogen-bond donors (Lipinski definition) is 3. The second-order valence-electron chi connectivity index (χ2n) is 7.40. The van der Waals surface area contributed by atoms with E-state index in [1.165, 1.54) is 18.2 Å². The predicted molar refractivity (Wildman–Crippen MR) is 108 cm³/mol. The topological polar surface area (TPSA) is 101 Å². The monoisotopic (exact) mass is 465 g/mol. The van der Waals surface area contributed by atoms with Crippen molar-refractivity contribution in [3.05, 3.63) is 76.9 Å². The van der Waals surface area contributed by atoms with Crippen molar-refractivity contribution < 1.29 is 36.9 Å². The molecular formula is C22H19F4N3O4. The molecule has 0 aliphatic carbocycles. The van der Waals surface area contributed by atoms with Crippen LogP contribution in [-0.2, 0) is 12.1 Å². The lowest BCUT2D eigenvalue weighted by Crippen LogP contribution is -2.42. The zero-order valence-corrected chi connectivity index (χ0v) is 17.2. The minimum Gasteiger partial charge on any atom is -0.461 e. The molecule has 2 heterocycles. The predicted octanol–water partition coefficient (Wildman–Crippen LogP) is 4.12. The zero-order valence-electron chi connectivity index (χ0n) is 17.2. The maximum Gasteiger partial charge on any atom is 0.426 e. The van der Waals surface area contributed by atoms with E-state index in [4.69, 9.17) is 9.15 Å². The van der Waals surface area contributed by atoms with Gasteiger partial charge in [-0.3, -0.25) is 0 Å². The van der Waals surface area contributed by atoms with Crippen LogP contribution < -0.4 is 10.1 Å². The summed E-state index contributed by atoms with van der Waals surface area (Å²) in [4.78, 5) is 0. The molecule has 0 saturated heterocycles. The van der Waals surface area contributed by atoms with Crippen LogP contribution >= 0.6 is 0 Å². The molecule has 1 aromatic heterocycles. The molecule has 0 bridgehead atoms. The number of aliphatic hydroxyl groups excluding tert-OH is 1. The summed E-state index contributed by atoms with van der Waals surface area (Å²) in [7, 11) is 0. The SMILES string of the molecule is CC[C@](O)(c1nnc(NCc2ccc3c(c2)OC(O)C=C3c2ccc(F)cc2)o1)C(F)(F)F. The van der Waals surface area contributed by atoms with Crippen LogP contribution in [0, 0.1) is 5.82 Å². The fraction of sp³-hybridized carbons (Fsp3) is 0.273. The molecule has 1 aliphatic heterocycles. The Balaban J connectivity index is 1.52. The summed E-state index contributed by atoms with van der Waals surface area (Å²) in [5.74, 6) is -0.969. The number of ether oxygens (including phenoxy) is 1. The molecule has 7 nitrogen and oxygen atoms in total. The third-order valence-corrected chi connectivity index (χ3v) is 5.25. The standard InChI is InChI=1S/C22H19F4N3O4/c1-2-21(31,22(24,25)26)19-28-29-20(33-19)27-11-12-3-8-15-16(10-18(30)32-17(15)9-12)13-4-6-14(23)7-5-13/h3-10,18,30-31H,2,11H2,1H3,(H,27,29)/t18?,21-/m0/s1. The first-order valence-electron chi connectivity index (χ1n) is 9.93. The first-order valence-corrected chi connectivity index (χ1v) is 9.93. The van der Waals surface area contributed by atoms with E-state index in [0.717, 1.165) is 6.92 Å². The van der Waals surface area contributed by atoms with E-state index < -0.39 is 30.4 Å². The van der Waals surface area contributed by atoms with Gasteiger partial charge >= 0.3 is 12.2 Å². The van der Waals surface area contributed by atoms with E-state index in [1.807, 2.05) is 0 Å². The third kappa shape index (κ3) is 4.41. The van der Waals surface area contributed by atoms with Gasteiger partial charge in [0.1, 0.15) is 11.6 Å². The summed E-state index contributed by atoms with van der Waals surface area (Å²) in [6, 6.07) is 10.6. The Morgan fingerprint density at radius 2 is 1.82 bits per heavy atom. The van der Waals surface area contributed by atoms with Crippen LogP contribution in [-0.4, -0.2) is 32.9 Å². The Hall–Kier alpha value is -3.44. The summed E-state index contributed by atoms with van der Waals surface area (Å²) < 4.78 is 63.2. The number of nitrogens with one attached hydrogen (secondary N) is 1. The van der Waals surface area contributed by atoms with E-state index in [2.05, 4.69) is 15.5 Å². The lowest BCUT2D eigenvalue weighted by Gasteiger charge is -2.25. The number of rotatable bonds is 6. The maximum atomic E-state index is 13.3. The van der Waals surface area contributed by atoms with Crippen LogP contribution in [0.1, 0.15) is 35.9 Å². The first-order chi connectivity index (χ1) is 15.6. The van der Waals surface area contributed by atoms with Gasteiger partial charge < -0.3 is 24.7 Å². The lowest BCUT2D eigenvalue weighted by molar-refractivity contribution is -0.275. The zero-order chi connectivity index (χ0) is 23.8. The van der Waals surface area contributed by atoms with Gasteiger partial charge in [-0.1, -0.05) is 36.3 Å². The Kier molecular flexibility index (Phi) is 5.85. The van der Waals surface area contributed by atoms with Gasteiger partial charge in [-0.2, -0.15) is 13.2 Å². The third-order valence-electron chi connectivity index (χ3n) is 5.25. The second kappa shape index (κ2) is 8.49. The van der Waals surface area contributed by atoms with Gasteiger partial charge in [-0.25, -0.2) is 4.39 Å². The average Bonchev–Trinajstić information content (AvgIpc) is 3.25. The molecule has 11 heteroatoms. The van der Waals surface area contributed by atoms with Crippen LogP contribution in [0.3, 0.4) is 0 Å². The van der Waals surface area contributed by atoms with Crippen LogP contribution in [0.25, 0.3) is 5.57 Å². The Bertz CT molecular complexity index is 1180. The number of fused-ring (bicyclic) bond motifs is 1. The molecule has 0 fully saturated rings. The highest BCUT2D eigenvalue weighted by atomic mass is 19.4. The normalized spacial score (nSPS) is 17.5. The van der Waals surface area contributed by atoms with E-state index in [1.54, 1.807) is 30.3 Å². The van der Waals surface area contributed by atoms with E-state index >= 15 is 0 Å². The van der Waals surface area contributed by atoms with Gasteiger partial charge in [0.25, 0.3) is 5.89 Å². The number of aliphatic hydroxyl groups is 2. The number of alkyl halides is 3. The molecule has 1 aliphatic rings. The Morgan fingerprint density at radius 1 is 1.09 bits per heavy atom. The number of aromatic nitrogens is 2. The Labute approximate surface area is 185 Å². The fourth-order valence-electron chi connectivity index (χ4n) is 3.39. The molecule has 2 aromatic carbocycles. The van der Waals surface area contributed by atoms with Crippen LogP contribution in [0.15, 0.2) is 53.0 Å². The molecule has 4 rings (SSSR count). The summed E-state index contributed by atoms with van der Waals surface area (Å²) in [6.45, 7) is 1.24. The molecule has 0 spiro atoms. The number of halogens is 4. The van der Waals surface area contributed by atoms with Crippen LogP contribution in [0.4, 0.5) is 23.6 Å². The molecule has 1 unspecified atom stereocenters. The molecule has 0 saturated carbocycles. The van der Waals surface area contributed by atoms with E-state index in [-0.39, 0.29) is 18.4 Å². The quantitative estimate of drug-likeness (QED) is 0.471. The summed E-state index contributed by atoms with van der Waals surface area (Å²) in [5, 5.41) is 29.5. The second-order valence-corrected chi connectivity index (χ2v) is 7.40. The maximum absolute atomic E-state index is 13.3. The van der Waals surface area contributed by atoms with Gasteiger partial charge in [-0.05, 0) is 47.4 Å². The molecular weight excluding hydrogens is 446 g/mol. The van der Waals surface area contributed by atoms with Gasteiger partial charge in [0.05, 0.1) is 0 Å². The van der Waals surface area contributed by atoms with Crippen LogP contribution in [0.5, 0.6) is 5.75 Å². The van der Waals surface area contributed by atoms with Crippen molar-refractivity contribution in [1.82, 2.24) is 10.2 Å². The van der Waals surface area contributed by atoms with Crippen molar-refractivity contribution in [2.45, 2.75) is 38.0 Å². The van der Waals surface area contributed by atoms with Crippen molar-refractivity contribution in [2.24, 2.45) is 0 Å². The van der Waals surface area contributed by atoms with Crippen molar-refractivity contribution in [2.75, 3.05) is 5.32 Å².